The van der Waals surface area contributed by atoms with Crippen LogP contribution in [0.3, 0.4) is 0 Å². The van der Waals surface area contributed by atoms with Gasteiger partial charge < -0.3 is 30.4 Å². The topological polar surface area (TPSA) is 137 Å². The molecule has 2 heterocycles. The summed E-state index contributed by atoms with van der Waals surface area (Å²) in [5.74, 6) is 1.39. The minimum Gasteiger partial charge on any atom is -0.497 e. The van der Waals surface area contributed by atoms with Crippen LogP contribution in [-0.4, -0.2) is 58.0 Å². The number of nitrogens with zero attached hydrogens (tertiary/aromatic N) is 2. The van der Waals surface area contributed by atoms with E-state index in [9.17, 15) is 14.7 Å². The third kappa shape index (κ3) is 5.08. The fraction of sp³-hybridized carbons (Fsp3) is 0.500. The van der Waals surface area contributed by atoms with Gasteiger partial charge in [0.2, 0.25) is 0 Å². The number of methoxy groups -OCH3 is 1. The van der Waals surface area contributed by atoms with Crippen LogP contribution in [0.1, 0.15) is 84.7 Å². The quantitative estimate of drug-likeness (QED) is 0.352. The molecule has 4 N–H and O–H groups in total. The number of amides is 2. The van der Waals surface area contributed by atoms with Crippen molar-refractivity contribution in [3.05, 3.63) is 53.3 Å². The summed E-state index contributed by atoms with van der Waals surface area (Å²) in [6.45, 7) is 3.59. The van der Waals surface area contributed by atoms with Gasteiger partial charge in [0, 0.05) is 12.0 Å². The van der Waals surface area contributed by atoms with Gasteiger partial charge in [-0.05, 0) is 88.1 Å². The van der Waals surface area contributed by atoms with Crippen LogP contribution in [0.4, 0.5) is 0 Å². The highest BCUT2D eigenvalue weighted by molar-refractivity contribution is 6.01. The molecule has 3 aromatic rings. The zero-order valence-electron chi connectivity index (χ0n) is 23.1. The number of primary amides is 1. The van der Waals surface area contributed by atoms with Crippen LogP contribution in [0.5, 0.6) is 17.2 Å². The summed E-state index contributed by atoms with van der Waals surface area (Å²) in [5, 5.41) is 17.8. The fourth-order valence-electron chi connectivity index (χ4n) is 6.12. The Bertz CT molecular complexity index is 1460. The van der Waals surface area contributed by atoms with E-state index in [4.69, 9.17) is 19.9 Å². The van der Waals surface area contributed by atoms with Crippen LogP contribution < -0.4 is 25.3 Å². The third-order valence-corrected chi connectivity index (χ3v) is 8.23. The molecule has 3 aliphatic rings. The van der Waals surface area contributed by atoms with Gasteiger partial charge in [0.25, 0.3) is 11.8 Å². The van der Waals surface area contributed by atoms with Crippen molar-refractivity contribution in [3.63, 3.8) is 0 Å². The molecule has 0 atom stereocenters. The molecular weight excluding hydrogens is 512 g/mol. The molecule has 6 rings (SSSR count). The predicted octanol–water partition coefficient (Wildman–Crippen LogP) is 3.59. The lowest BCUT2D eigenvalue weighted by Gasteiger charge is -2.57. The van der Waals surface area contributed by atoms with Crippen LogP contribution >= 0.6 is 0 Å². The number of carbonyl (C=O) groups is 2. The smallest absolute Gasteiger partial charge is 0.255 e. The average molecular weight is 549 g/mol. The number of nitrogens with one attached hydrogen (secondary N) is 1. The Hall–Kier alpha value is -3.79. The largest absolute Gasteiger partial charge is 0.497 e. The van der Waals surface area contributed by atoms with Crippen LogP contribution in [0.15, 0.2) is 36.5 Å². The van der Waals surface area contributed by atoms with Gasteiger partial charge in [-0.3, -0.25) is 9.59 Å². The maximum Gasteiger partial charge on any atom is 0.255 e. The van der Waals surface area contributed by atoms with Crippen molar-refractivity contribution in [1.29, 1.82) is 0 Å². The van der Waals surface area contributed by atoms with Crippen molar-refractivity contribution < 1.29 is 28.9 Å². The molecule has 212 valence electrons. The standard InChI is InChI=1S/C30H36N4O6/c1-29(2,37)16-39-25-9-7-23-22(15-32-34(23)26(25)17-4-5-17)28(36)33-18-11-30(12-18)13-20(14-30)40-24-8-6-19(38-3)10-21(24)27(31)35/h6-10,15,17-18,20,37H,4-5,11-14,16H2,1-3H3,(H2,31,35)(H,33,36). The second-order valence-corrected chi connectivity index (χ2v) is 12.3. The molecule has 10 heteroatoms. The van der Waals surface area contributed by atoms with Gasteiger partial charge in [-0.25, -0.2) is 4.52 Å². The number of ether oxygens (including phenoxy) is 3. The van der Waals surface area contributed by atoms with Crippen LogP contribution in [-0.2, 0) is 0 Å². The van der Waals surface area contributed by atoms with E-state index < -0.39 is 11.5 Å². The van der Waals surface area contributed by atoms with Gasteiger partial charge in [-0.15, -0.1) is 0 Å². The van der Waals surface area contributed by atoms with Gasteiger partial charge in [-0.1, -0.05) is 0 Å². The Morgan fingerprint density at radius 1 is 1.12 bits per heavy atom. The summed E-state index contributed by atoms with van der Waals surface area (Å²) in [6.07, 6.45) is 7.28. The maximum absolute atomic E-state index is 13.2. The summed E-state index contributed by atoms with van der Waals surface area (Å²) >= 11 is 0. The Kier molecular flexibility index (Phi) is 6.40. The van der Waals surface area contributed by atoms with Crippen molar-refractivity contribution in [3.8, 4) is 17.2 Å². The van der Waals surface area contributed by atoms with Crippen molar-refractivity contribution in [1.82, 2.24) is 14.9 Å². The molecule has 10 nitrogen and oxygen atoms in total. The number of hydrogen-bond acceptors (Lipinski definition) is 7. The number of pyridine rings is 1. The molecule has 2 aromatic heterocycles. The highest BCUT2D eigenvalue weighted by Crippen LogP contribution is 2.57. The summed E-state index contributed by atoms with van der Waals surface area (Å²) in [6, 6.07) is 8.92. The van der Waals surface area contributed by atoms with Crippen molar-refractivity contribution >= 4 is 17.3 Å². The van der Waals surface area contributed by atoms with Crippen molar-refractivity contribution in [2.75, 3.05) is 13.7 Å². The zero-order chi connectivity index (χ0) is 28.2. The van der Waals surface area contributed by atoms with Gasteiger partial charge >= 0.3 is 0 Å². The van der Waals surface area contributed by atoms with Gasteiger partial charge in [0.15, 0.2) is 0 Å². The van der Waals surface area contributed by atoms with E-state index in [2.05, 4.69) is 10.4 Å². The number of fused-ring (bicyclic) bond motifs is 1. The molecule has 3 saturated carbocycles. The second-order valence-electron chi connectivity index (χ2n) is 12.3. The Balaban J connectivity index is 1.06. The number of carbonyl (C=O) groups excluding carboxylic acids is 2. The Labute approximate surface area is 232 Å². The predicted molar refractivity (Wildman–Crippen MR) is 147 cm³/mol. The minimum absolute atomic E-state index is 0.0106. The zero-order valence-corrected chi connectivity index (χ0v) is 23.1. The van der Waals surface area contributed by atoms with Gasteiger partial charge in [0.05, 0.1) is 47.3 Å². The molecule has 1 spiro atoms. The van der Waals surface area contributed by atoms with E-state index >= 15 is 0 Å². The van der Waals surface area contributed by atoms with Crippen LogP contribution in [0, 0.1) is 5.41 Å². The van der Waals surface area contributed by atoms with Crippen molar-refractivity contribution in [2.24, 2.45) is 11.1 Å². The number of nitrogens with two attached hydrogens (primary N) is 1. The van der Waals surface area contributed by atoms with E-state index in [0.29, 0.717) is 34.3 Å². The molecule has 0 bridgehead atoms. The lowest BCUT2D eigenvalue weighted by atomic mass is 9.53. The molecule has 0 radical (unpaired) electrons. The molecule has 3 fully saturated rings. The van der Waals surface area contributed by atoms with E-state index in [1.54, 1.807) is 38.2 Å². The summed E-state index contributed by atoms with van der Waals surface area (Å²) in [4.78, 5) is 25.1. The molecule has 0 aliphatic heterocycles. The van der Waals surface area contributed by atoms with E-state index in [1.165, 1.54) is 7.11 Å². The lowest BCUT2D eigenvalue weighted by Crippen LogP contribution is -2.58. The number of benzene rings is 1. The minimum atomic E-state index is -0.945. The molecule has 1 aromatic carbocycles. The molecule has 3 aliphatic carbocycles. The van der Waals surface area contributed by atoms with Crippen LogP contribution in [0.2, 0.25) is 0 Å². The number of rotatable bonds is 10. The van der Waals surface area contributed by atoms with Gasteiger partial charge in [0.1, 0.15) is 23.9 Å². The monoisotopic (exact) mass is 548 g/mol. The Morgan fingerprint density at radius 2 is 1.85 bits per heavy atom. The lowest BCUT2D eigenvalue weighted by molar-refractivity contribution is -0.0834. The first-order valence-electron chi connectivity index (χ1n) is 13.9. The molecule has 0 saturated heterocycles. The highest BCUT2D eigenvalue weighted by atomic mass is 16.5. The number of hydrogen-bond donors (Lipinski definition) is 3. The van der Waals surface area contributed by atoms with E-state index in [0.717, 1.165) is 49.7 Å². The number of aliphatic hydroxyl groups is 1. The summed E-state index contributed by atoms with van der Waals surface area (Å²) < 4.78 is 19.0. The van der Waals surface area contributed by atoms with E-state index in [1.807, 2.05) is 16.6 Å². The molecular formula is C30H36N4O6. The summed E-state index contributed by atoms with van der Waals surface area (Å²) in [7, 11) is 1.54. The first kappa shape index (κ1) is 26.4. The van der Waals surface area contributed by atoms with Crippen LogP contribution in [0.25, 0.3) is 5.52 Å². The first-order valence-corrected chi connectivity index (χ1v) is 13.9. The SMILES string of the molecule is COc1ccc(OC2CC3(CC(NC(=O)c4cnn5c(C6CC6)c(OCC(C)(C)O)ccc45)C3)C2)c(C(N)=O)c1. The van der Waals surface area contributed by atoms with Crippen molar-refractivity contribution in [2.45, 2.75) is 76.0 Å². The van der Waals surface area contributed by atoms with Gasteiger partial charge in [-0.2, -0.15) is 5.10 Å². The average Bonchev–Trinajstić information content (AvgIpc) is 3.61. The normalized spacial score (nSPS) is 23.8. The summed E-state index contributed by atoms with van der Waals surface area (Å²) in [5.41, 5.74) is 7.32. The second kappa shape index (κ2) is 9.69. The fourth-order valence-corrected chi connectivity index (χ4v) is 6.12. The molecule has 2 amide bonds. The number of aromatic nitrogens is 2. The van der Waals surface area contributed by atoms with E-state index in [-0.39, 0.29) is 30.1 Å². The molecule has 40 heavy (non-hydrogen) atoms. The first-order chi connectivity index (χ1) is 19.0. The molecule has 0 unspecified atom stereocenters. The Morgan fingerprint density at radius 3 is 2.50 bits per heavy atom. The third-order valence-electron chi connectivity index (χ3n) is 8.23. The highest BCUT2D eigenvalue weighted by Gasteiger charge is 2.54. The maximum atomic E-state index is 13.2.